The number of aromatic amines is 1. The first-order valence-corrected chi connectivity index (χ1v) is 6.78. The fraction of sp³-hybridized carbons (Fsp3) is 0.438. The largest absolute Gasteiger partial charge is 0.330 e. The number of rotatable bonds is 3. The molecule has 0 radical (unpaired) electrons. The van der Waals surface area contributed by atoms with Crippen molar-refractivity contribution >= 4 is 0 Å². The quantitative estimate of drug-likeness (QED) is 0.887. The number of nitrogens with one attached hydrogen (secondary N) is 1. The Bertz CT molecular complexity index is 544. The van der Waals surface area contributed by atoms with Crippen molar-refractivity contribution in [3.05, 3.63) is 41.1 Å². The first-order chi connectivity index (χ1) is 8.93. The minimum absolute atomic E-state index is 0.181. The fourth-order valence-electron chi connectivity index (χ4n) is 2.27. The molecule has 0 unspecified atom stereocenters. The van der Waals surface area contributed by atoms with Gasteiger partial charge in [-0.15, -0.1) is 0 Å². The minimum atomic E-state index is 0.181. The van der Waals surface area contributed by atoms with Crippen LogP contribution >= 0.6 is 0 Å². The summed E-state index contributed by atoms with van der Waals surface area (Å²) in [4.78, 5) is 0. The van der Waals surface area contributed by atoms with Crippen molar-refractivity contribution in [2.45, 2.75) is 39.5 Å². The molecule has 0 saturated carbocycles. The number of benzene rings is 1. The summed E-state index contributed by atoms with van der Waals surface area (Å²) in [5, 5.41) is 7.48. The van der Waals surface area contributed by atoms with E-state index in [1.807, 2.05) is 6.92 Å². The number of hydrogen-bond donors (Lipinski definition) is 2. The van der Waals surface area contributed by atoms with Crippen LogP contribution < -0.4 is 5.73 Å². The van der Waals surface area contributed by atoms with Gasteiger partial charge in [-0.2, -0.15) is 5.10 Å². The van der Waals surface area contributed by atoms with Crippen molar-refractivity contribution in [2.24, 2.45) is 5.73 Å². The lowest BCUT2D eigenvalue weighted by atomic mass is 9.86. The van der Waals surface area contributed by atoms with Crippen LogP contribution in [0, 0.1) is 6.92 Å². The predicted molar refractivity (Wildman–Crippen MR) is 80.2 cm³/mol. The Morgan fingerprint density at radius 2 is 1.79 bits per heavy atom. The molecule has 3 nitrogen and oxygen atoms in total. The van der Waals surface area contributed by atoms with Gasteiger partial charge in [-0.1, -0.05) is 45.0 Å². The Labute approximate surface area is 115 Å². The Kier molecular flexibility index (Phi) is 3.76. The number of nitrogens with zero attached hydrogens (tertiary/aromatic N) is 1. The summed E-state index contributed by atoms with van der Waals surface area (Å²) in [6, 6.07) is 8.67. The number of nitrogens with two attached hydrogens (primary N) is 1. The van der Waals surface area contributed by atoms with Crippen molar-refractivity contribution in [1.29, 1.82) is 0 Å². The Balaban J connectivity index is 2.38. The molecule has 0 atom stereocenters. The molecule has 0 aliphatic heterocycles. The third-order valence-electron chi connectivity index (χ3n) is 3.49. The van der Waals surface area contributed by atoms with Gasteiger partial charge in [-0.05, 0) is 30.9 Å². The van der Waals surface area contributed by atoms with E-state index in [1.54, 1.807) is 0 Å². The van der Waals surface area contributed by atoms with E-state index < -0.39 is 0 Å². The van der Waals surface area contributed by atoms with Crippen LogP contribution in [-0.2, 0) is 11.8 Å². The molecule has 0 saturated heterocycles. The van der Waals surface area contributed by atoms with E-state index in [0.717, 1.165) is 23.4 Å². The van der Waals surface area contributed by atoms with Crippen molar-refractivity contribution < 1.29 is 0 Å². The molecule has 1 aromatic heterocycles. The van der Waals surface area contributed by atoms with Gasteiger partial charge in [0.15, 0.2) is 0 Å². The van der Waals surface area contributed by atoms with Gasteiger partial charge in [0.25, 0.3) is 0 Å². The molecule has 0 aliphatic rings. The Morgan fingerprint density at radius 1 is 1.16 bits per heavy atom. The maximum absolute atomic E-state index is 5.68. The first kappa shape index (κ1) is 13.8. The van der Waals surface area contributed by atoms with E-state index in [-0.39, 0.29) is 5.41 Å². The van der Waals surface area contributed by atoms with Crippen LogP contribution in [0.3, 0.4) is 0 Å². The van der Waals surface area contributed by atoms with Crippen molar-refractivity contribution in [2.75, 3.05) is 6.54 Å². The Morgan fingerprint density at radius 3 is 2.32 bits per heavy atom. The van der Waals surface area contributed by atoms with Crippen LogP contribution in [0.5, 0.6) is 0 Å². The van der Waals surface area contributed by atoms with E-state index >= 15 is 0 Å². The highest BCUT2D eigenvalue weighted by Crippen LogP contribution is 2.28. The lowest BCUT2D eigenvalue weighted by molar-refractivity contribution is 0.590. The molecule has 1 aromatic carbocycles. The van der Waals surface area contributed by atoms with Crippen LogP contribution in [0.25, 0.3) is 11.3 Å². The zero-order valence-corrected chi connectivity index (χ0v) is 12.2. The second kappa shape index (κ2) is 5.17. The number of aromatic nitrogens is 2. The SMILES string of the molecule is Cc1[nH]nc(-c2ccc(C(C)(C)C)cc2)c1CCN. The molecular weight excluding hydrogens is 234 g/mol. The molecule has 0 aliphatic carbocycles. The Hall–Kier alpha value is -1.61. The molecule has 102 valence electrons. The lowest BCUT2D eigenvalue weighted by Gasteiger charge is -2.19. The summed E-state index contributed by atoms with van der Waals surface area (Å²) < 4.78 is 0. The molecule has 3 N–H and O–H groups in total. The third-order valence-corrected chi connectivity index (χ3v) is 3.49. The standard InChI is InChI=1S/C16H23N3/c1-11-14(9-10-17)15(19-18-11)12-5-7-13(8-6-12)16(2,3)4/h5-8H,9-10,17H2,1-4H3,(H,18,19). The normalized spacial score (nSPS) is 11.8. The summed E-state index contributed by atoms with van der Waals surface area (Å²) in [6.07, 6.45) is 0.860. The third kappa shape index (κ3) is 2.87. The summed E-state index contributed by atoms with van der Waals surface area (Å²) in [7, 11) is 0. The second-order valence-electron chi connectivity index (χ2n) is 6.04. The molecule has 2 rings (SSSR count). The smallest absolute Gasteiger partial charge is 0.0955 e. The van der Waals surface area contributed by atoms with Crippen LogP contribution in [0.4, 0.5) is 0 Å². The number of H-pyrrole nitrogens is 1. The summed E-state index contributed by atoms with van der Waals surface area (Å²) in [6.45, 7) is 9.36. The molecule has 19 heavy (non-hydrogen) atoms. The predicted octanol–water partition coefficient (Wildman–Crippen LogP) is 3.18. The van der Waals surface area contributed by atoms with Crippen molar-refractivity contribution in [3.8, 4) is 11.3 Å². The molecule has 0 bridgehead atoms. The van der Waals surface area contributed by atoms with Gasteiger partial charge < -0.3 is 5.73 Å². The highest BCUT2D eigenvalue weighted by atomic mass is 15.1. The van der Waals surface area contributed by atoms with Crippen molar-refractivity contribution in [1.82, 2.24) is 10.2 Å². The van der Waals surface area contributed by atoms with E-state index in [9.17, 15) is 0 Å². The summed E-state index contributed by atoms with van der Waals surface area (Å²) in [5.41, 5.74) is 11.7. The van der Waals surface area contributed by atoms with Gasteiger partial charge in [0.2, 0.25) is 0 Å². The van der Waals surface area contributed by atoms with Gasteiger partial charge in [0.1, 0.15) is 0 Å². The lowest BCUT2D eigenvalue weighted by Crippen LogP contribution is -2.10. The maximum atomic E-state index is 5.68. The molecule has 1 heterocycles. The molecule has 0 amide bonds. The van der Waals surface area contributed by atoms with E-state index in [2.05, 4.69) is 55.2 Å². The fourth-order valence-corrected chi connectivity index (χ4v) is 2.27. The topological polar surface area (TPSA) is 54.7 Å². The second-order valence-corrected chi connectivity index (χ2v) is 6.04. The van der Waals surface area contributed by atoms with Crippen LogP contribution in [0.15, 0.2) is 24.3 Å². The average molecular weight is 257 g/mol. The summed E-state index contributed by atoms with van der Waals surface area (Å²) >= 11 is 0. The summed E-state index contributed by atoms with van der Waals surface area (Å²) in [5.74, 6) is 0. The van der Waals surface area contributed by atoms with E-state index in [1.165, 1.54) is 11.1 Å². The van der Waals surface area contributed by atoms with Crippen LogP contribution in [-0.4, -0.2) is 16.7 Å². The van der Waals surface area contributed by atoms with Gasteiger partial charge in [-0.3, -0.25) is 5.10 Å². The minimum Gasteiger partial charge on any atom is -0.330 e. The zero-order chi connectivity index (χ0) is 14.0. The van der Waals surface area contributed by atoms with E-state index in [4.69, 9.17) is 5.73 Å². The molecule has 0 spiro atoms. The molecular formula is C16H23N3. The maximum Gasteiger partial charge on any atom is 0.0955 e. The highest BCUT2D eigenvalue weighted by Gasteiger charge is 2.15. The molecule has 2 aromatic rings. The van der Waals surface area contributed by atoms with Gasteiger partial charge in [-0.25, -0.2) is 0 Å². The first-order valence-electron chi connectivity index (χ1n) is 6.78. The highest BCUT2D eigenvalue weighted by molar-refractivity contribution is 5.64. The average Bonchev–Trinajstić information content (AvgIpc) is 2.71. The van der Waals surface area contributed by atoms with Crippen molar-refractivity contribution in [3.63, 3.8) is 0 Å². The van der Waals surface area contributed by atoms with Gasteiger partial charge in [0.05, 0.1) is 5.69 Å². The number of hydrogen-bond acceptors (Lipinski definition) is 2. The molecule has 3 heteroatoms. The van der Waals surface area contributed by atoms with Crippen LogP contribution in [0.2, 0.25) is 0 Å². The van der Waals surface area contributed by atoms with Gasteiger partial charge in [0, 0.05) is 16.8 Å². The van der Waals surface area contributed by atoms with Crippen LogP contribution in [0.1, 0.15) is 37.6 Å². The van der Waals surface area contributed by atoms with Gasteiger partial charge >= 0.3 is 0 Å². The number of aryl methyl sites for hydroxylation is 1. The zero-order valence-electron chi connectivity index (χ0n) is 12.2. The monoisotopic (exact) mass is 257 g/mol. The molecule has 0 fully saturated rings. The van der Waals surface area contributed by atoms with E-state index in [0.29, 0.717) is 6.54 Å².